The third kappa shape index (κ3) is 4.51. The maximum absolute atomic E-state index is 10.4. The van der Waals surface area contributed by atoms with Crippen LogP contribution in [0.2, 0.25) is 0 Å². The molecule has 0 aliphatic rings. The Morgan fingerprint density at radius 2 is 1.33 bits per heavy atom. The average Bonchev–Trinajstić information content (AvgIpc) is 2.48. The van der Waals surface area contributed by atoms with Crippen molar-refractivity contribution in [1.82, 2.24) is 0 Å². The Balaban J connectivity index is 0.000000211. The second-order valence-electron chi connectivity index (χ2n) is 3.74. The second kappa shape index (κ2) is 7.51. The maximum Gasteiger partial charge on any atom is 0.339 e. The lowest BCUT2D eigenvalue weighted by atomic mass is 10.2. The Bertz CT molecular complexity index is 641. The highest BCUT2D eigenvalue weighted by Gasteiger charge is 2.08. The molecule has 0 aromatic heterocycles. The summed E-state index contributed by atoms with van der Waals surface area (Å²) < 4.78 is 0. The number of phenols is 1. The molecule has 0 heterocycles. The van der Waals surface area contributed by atoms with Crippen LogP contribution < -0.4 is 10.7 Å². The van der Waals surface area contributed by atoms with E-state index in [0.29, 0.717) is 0 Å². The van der Waals surface area contributed by atoms with Gasteiger partial charge in [-0.15, -0.1) is 0 Å². The summed E-state index contributed by atoms with van der Waals surface area (Å²) in [7, 11) is 0. The van der Waals surface area contributed by atoms with Gasteiger partial charge in [0.25, 0.3) is 0 Å². The summed E-state index contributed by atoms with van der Waals surface area (Å²) in [4.78, 5) is 25.0. The number of para-hydroxylation sites is 2. The molecule has 0 saturated carbocycles. The monoisotopic (exact) mass is 291 g/mol. The molecule has 0 saturated heterocycles. The molecule has 0 radical (unpaired) electrons. The van der Waals surface area contributed by atoms with Gasteiger partial charge in [0, 0.05) is 0 Å². The van der Waals surface area contributed by atoms with Crippen molar-refractivity contribution in [1.29, 1.82) is 0 Å². The highest BCUT2D eigenvalue weighted by atomic mass is 16.6. The van der Waals surface area contributed by atoms with Crippen LogP contribution in [0.15, 0.2) is 48.5 Å². The summed E-state index contributed by atoms with van der Waals surface area (Å²) in [6, 6.07) is 12.0. The van der Waals surface area contributed by atoms with Crippen LogP contribution in [0.25, 0.3) is 0 Å². The third-order valence-electron chi connectivity index (χ3n) is 2.38. The van der Waals surface area contributed by atoms with Gasteiger partial charge in [-0.1, -0.05) is 24.3 Å². The fourth-order valence-electron chi connectivity index (χ4n) is 1.40. The number of aromatic hydroxyl groups is 1. The van der Waals surface area contributed by atoms with Gasteiger partial charge in [0.1, 0.15) is 16.9 Å². The number of carbonyl (C=O) groups is 2. The van der Waals surface area contributed by atoms with E-state index in [1.54, 1.807) is 24.3 Å². The zero-order valence-corrected chi connectivity index (χ0v) is 10.8. The van der Waals surface area contributed by atoms with Gasteiger partial charge in [0.2, 0.25) is 0 Å². The number of rotatable bonds is 3. The summed E-state index contributed by atoms with van der Waals surface area (Å²) in [5, 5.41) is 25.9. The summed E-state index contributed by atoms with van der Waals surface area (Å²) in [5.74, 6) is 2.63. The summed E-state index contributed by atoms with van der Waals surface area (Å²) in [5.41, 5.74) is -0.00231. The number of hydrogen-bond acceptors (Lipinski definition) is 5. The summed E-state index contributed by atoms with van der Waals surface area (Å²) >= 11 is 0. The molecular weight excluding hydrogens is 278 g/mol. The smallest absolute Gasteiger partial charge is 0.339 e. The van der Waals surface area contributed by atoms with E-state index in [1.165, 1.54) is 24.3 Å². The van der Waals surface area contributed by atoms with Crippen LogP contribution in [0.3, 0.4) is 0 Å². The lowest BCUT2D eigenvalue weighted by molar-refractivity contribution is 0.0681. The fourth-order valence-corrected chi connectivity index (χ4v) is 1.40. The van der Waals surface area contributed by atoms with E-state index in [1.807, 2.05) is 0 Å². The molecule has 0 amide bonds. The first kappa shape index (κ1) is 16.0. The van der Waals surface area contributed by atoms with E-state index in [2.05, 4.69) is 4.84 Å². The Hall–Kier alpha value is -3.06. The van der Waals surface area contributed by atoms with Crippen LogP contribution in [0.5, 0.6) is 11.5 Å². The van der Waals surface area contributed by atoms with Crippen LogP contribution in [0, 0.1) is 0 Å². The lowest BCUT2D eigenvalue weighted by Crippen LogP contribution is -2.07. The molecule has 0 fully saturated rings. The second-order valence-corrected chi connectivity index (χ2v) is 3.74. The number of aromatic carboxylic acids is 2. The topological polar surface area (TPSA) is 130 Å². The third-order valence-corrected chi connectivity index (χ3v) is 2.38. The minimum Gasteiger partial charge on any atom is -0.507 e. The van der Waals surface area contributed by atoms with Crippen LogP contribution in [-0.2, 0) is 0 Å². The molecule has 7 heteroatoms. The molecule has 21 heavy (non-hydrogen) atoms. The highest BCUT2D eigenvalue weighted by molar-refractivity contribution is 5.91. The van der Waals surface area contributed by atoms with Crippen molar-refractivity contribution >= 4 is 11.9 Å². The number of hydrogen-bond donors (Lipinski definition) is 4. The first-order chi connectivity index (χ1) is 9.97. The maximum atomic E-state index is 10.4. The zero-order chi connectivity index (χ0) is 15.8. The van der Waals surface area contributed by atoms with Crippen molar-refractivity contribution in [2.24, 2.45) is 5.90 Å². The summed E-state index contributed by atoms with van der Waals surface area (Å²) in [6.07, 6.45) is 0. The number of nitrogens with two attached hydrogens (primary N) is 1. The van der Waals surface area contributed by atoms with Crippen LogP contribution in [0.1, 0.15) is 20.7 Å². The molecule has 2 aromatic rings. The molecule has 110 valence electrons. The van der Waals surface area contributed by atoms with Gasteiger partial charge in [-0.2, -0.15) is 5.90 Å². The number of carboxylic acid groups (broad SMARTS) is 2. The van der Waals surface area contributed by atoms with Gasteiger partial charge in [0.15, 0.2) is 5.75 Å². The number of carboxylic acids is 2. The van der Waals surface area contributed by atoms with E-state index in [9.17, 15) is 9.59 Å². The van der Waals surface area contributed by atoms with E-state index in [4.69, 9.17) is 21.2 Å². The average molecular weight is 291 g/mol. The fraction of sp³-hybridized carbons (Fsp3) is 0. The minimum absolute atomic E-state index is 0.0648. The molecule has 0 spiro atoms. The number of benzene rings is 2. The van der Waals surface area contributed by atoms with Gasteiger partial charge >= 0.3 is 11.9 Å². The first-order valence-electron chi connectivity index (χ1n) is 5.67. The summed E-state index contributed by atoms with van der Waals surface area (Å²) in [6.45, 7) is 0. The van der Waals surface area contributed by atoms with E-state index < -0.39 is 11.9 Å². The minimum atomic E-state index is -1.11. The van der Waals surface area contributed by atoms with Crippen LogP contribution in [-0.4, -0.2) is 27.3 Å². The molecule has 2 rings (SSSR count). The van der Waals surface area contributed by atoms with Gasteiger partial charge in [0.05, 0.1) is 0 Å². The van der Waals surface area contributed by atoms with Crippen molar-refractivity contribution < 1.29 is 29.7 Å². The Labute approximate surface area is 119 Å². The van der Waals surface area contributed by atoms with Crippen LogP contribution >= 0.6 is 0 Å². The lowest BCUT2D eigenvalue weighted by Gasteiger charge is -2.00. The molecule has 0 bridgehead atoms. The predicted octanol–water partition coefficient (Wildman–Crippen LogP) is 1.73. The SMILES string of the molecule is NOc1ccccc1C(=O)O.O=C(O)c1ccccc1O. The van der Waals surface area contributed by atoms with Crippen molar-refractivity contribution in [2.75, 3.05) is 0 Å². The van der Waals surface area contributed by atoms with Crippen molar-refractivity contribution in [3.8, 4) is 11.5 Å². The zero-order valence-electron chi connectivity index (χ0n) is 10.8. The molecule has 7 nitrogen and oxygen atoms in total. The molecule has 0 unspecified atom stereocenters. The molecule has 0 aliphatic heterocycles. The Morgan fingerprint density at radius 1 is 0.857 bits per heavy atom. The molecule has 0 atom stereocenters. The van der Waals surface area contributed by atoms with Gasteiger partial charge in [-0.05, 0) is 24.3 Å². The molecule has 0 aliphatic carbocycles. The standard InChI is InChI=1S/C7H7NO3.C7H6O3/c8-11-6-4-2-1-3-5(6)7(9)10;8-6-4-2-1-3-5(6)7(9)10/h1-4H,8H2,(H,9,10);1-4,8H,(H,9,10). The van der Waals surface area contributed by atoms with Crippen molar-refractivity contribution in [3.63, 3.8) is 0 Å². The molecule has 2 aromatic carbocycles. The van der Waals surface area contributed by atoms with Gasteiger partial charge in [-0.3, -0.25) is 0 Å². The normalized spacial score (nSPS) is 9.19. The largest absolute Gasteiger partial charge is 0.507 e. The Morgan fingerprint density at radius 3 is 1.71 bits per heavy atom. The van der Waals surface area contributed by atoms with E-state index >= 15 is 0 Å². The van der Waals surface area contributed by atoms with Gasteiger partial charge in [-0.25, -0.2) is 9.59 Å². The van der Waals surface area contributed by atoms with Crippen LogP contribution in [0.4, 0.5) is 0 Å². The molecule has 5 N–H and O–H groups in total. The Kier molecular flexibility index (Phi) is 5.72. The first-order valence-corrected chi connectivity index (χ1v) is 5.67. The molecular formula is C14H13NO6. The van der Waals surface area contributed by atoms with Crippen molar-refractivity contribution in [2.45, 2.75) is 0 Å². The van der Waals surface area contributed by atoms with Gasteiger partial charge < -0.3 is 20.2 Å². The quantitative estimate of drug-likeness (QED) is 0.633. The van der Waals surface area contributed by atoms with E-state index in [0.717, 1.165) is 0 Å². The predicted molar refractivity (Wildman–Crippen MR) is 73.3 cm³/mol. The van der Waals surface area contributed by atoms with E-state index in [-0.39, 0.29) is 22.6 Å². The van der Waals surface area contributed by atoms with Crippen molar-refractivity contribution in [3.05, 3.63) is 59.7 Å². The highest BCUT2D eigenvalue weighted by Crippen LogP contribution is 2.15.